The number of aliphatic hydroxyl groups excluding tert-OH is 1. The minimum absolute atomic E-state index is 0.00597. The van der Waals surface area contributed by atoms with E-state index in [1.54, 1.807) is 20.8 Å². The van der Waals surface area contributed by atoms with Crippen LogP contribution < -0.4 is 10.6 Å². The molecule has 2 aromatic heterocycles. The van der Waals surface area contributed by atoms with Gasteiger partial charge in [0.15, 0.2) is 0 Å². The van der Waals surface area contributed by atoms with E-state index < -0.39 is 21.3 Å². The molecule has 0 aromatic carbocycles. The molecule has 0 aliphatic heterocycles. The number of carbonyl (C=O) groups is 4. The lowest BCUT2D eigenvalue weighted by Crippen LogP contribution is -2.45. The second-order valence-corrected chi connectivity index (χ2v) is 19.0. The maximum atomic E-state index is 12.4. The molecule has 0 unspecified atom stereocenters. The zero-order chi connectivity index (χ0) is 47.1. The lowest BCUT2D eigenvalue weighted by Gasteiger charge is -2.31. The number of esters is 2. The number of amides is 2. The van der Waals surface area contributed by atoms with Crippen molar-refractivity contribution in [2.75, 3.05) is 6.26 Å². The number of nitrogens with one attached hydrogen (secondary N) is 2. The van der Waals surface area contributed by atoms with E-state index >= 15 is 0 Å². The van der Waals surface area contributed by atoms with E-state index in [1.165, 1.54) is 21.8 Å². The molecule has 0 aliphatic rings. The van der Waals surface area contributed by atoms with Gasteiger partial charge in [0.2, 0.25) is 11.8 Å². The van der Waals surface area contributed by atoms with Gasteiger partial charge >= 0.3 is 24.2 Å². The monoisotopic (exact) mass is 874 g/mol. The van der Waals surface area contributed by atoms with Crippen LogP contribution in [0.4, 0.5) is 0 Å². The van der Waals surface area contributed by atoms with Crippen LogP contribution in [0, 0.1) is 10.8 Å². The first kappa shape index (κ1) is 56.9. The Morgan fingerprint density at radius 2 is 1.02 bits per heavy atom. The van der Waals surface area contributed by atoms with Crippen molar-refractivity contribution in [2.45, 2.75) is 158 Å². The summed E-state index contributed by atoms with van der Waals surface area (Å²) in [7, 11) is -3.59. The Morgan fingerprint density at radius 3 is 1.30 bits per heavy atom. The lowest BCUT2D eigenvalue weighted by atomic mass is 9.84. The second-order valence-electron chi connectivity index (χ2n) is 17.3. The Bertz CT molecular complexity index is 1810. The first-order valence-electron chi connectivity index (χ1n) is 18.5. The standard InChI is InChI=1S/C18H32N4O6S.C17H30N4O4.2CO2/c1-17(2,3)14(8-9-16(24)28-18(4,5)6)19-15(23)11-22-10-13(20-21-22)12-27-29(7,25)26;1-16(2,3)13(7-8-15(24)25-17(4,5)6)18-14(23)10-21-9-12(11-22)19-20-21;2*2-1-3/h10,14H,8-9,11-12H2,1-7H3,(H,19,23);9,13,22H,7-8,10-11H2,1-6H3,(H,18,23);;/t14-;13-;;/m00../s1. The van der Waals surface area contributed by atoms with Crippen molar-refractivity contribution in [3.05, 3.63) is 23.8 Å². The van der Waals surface area contributed by atoms with Gasteiger partial charge in [-0.05, 0) is 65.2 Å². The molecule has 3 N–H and O–H groups in total. The molecule has 23 heteroatoms. The molecule has 340 valence electrons. The van der Waals surface area contributed by atoms with E-state index in [-0.39, 0.29) is 98.1 Å². The van der Waals surface area contributed by atoms with Crippen molar-refractivity contribution in [3.63, 3.8) is 0 Å². The molecule has 0 radical (unpaired) electrons. The van der Waals surface area contributed by atoms with Gasteiger partial charge < -0.3 is 25.2 Å². The smallest absolute Gasteiger partial charge is 0.373 e. The molecule has 0 spiro atoms. The third-order valence-electron chi connectivity index (χ3n) is 7.24. The summed E-state index contributed by atoms with van der Waals surface area (Å²) in [5, 5.41) is 29.9. The third-order valence-corrected chi connectivity index (χ3v) is 7.79. The highest BCUT2D eigenvalue weighted by atomic mass is 32.2. The van der Waals surface area contributed by atoms with E-state index in [0.29, 0.717) is 24.2 Å². The summed E-state index contributed by atoms with van der Waals surface area (Å²) in [6.45, 7) is 22.3. The minimum Gasteiger partial charge on any atom is -0.460 e. The highest BCUT2D eigenvalue weighted by Gasteiger charge is 2.29. The fourth-order valence-electron chi connectivity index (χ4n) is 4.66. The molecule has 2 aromatic rings. The zero-order valence-corrected chi connectivity index (χ0v) is 37.6. The van der Waals surface area contributed by atoms with Crippen LogP contribution in [0.3, 0.4) is 0 Å². The Morgan fingerprint density at radius 1 is 0.683 bits per heavy atom. The molecule has 2 atom stereocenters. The van der Waals surface area contributed by atoms with E-state index in [4.69, 9.17) is 33.8 Å². The van der Waals surface area contributed by atoms with Crippen LogP contribution in [-0.4, -0.2) is 109 Å². The molecule has 60 heavy (non-hydrogen) atoms. The highest BCUT2D eigenvalue weighted by molar-refractivity contribution is 7.85. The predicted octanol–water partition coefficient (Wildman–Crippen LogP) is 1.66. The van der Waals surface area contributed by atoms with Crippen molar-refractivity contribution in [1.29, 1.82) is 0 Å². The van der Waals surface area contributed by atoms with E-state index in [2.05, 4.69) is 35.4 Å². The Hall–Kier alpha value is -5.21. The number of hydrogen-bond acceptors (Lipinski definition) is 18. The molecule has 0 aliphatic carbocycles. The van der Waals surface area contributed by atoms with Crippen LogP contribution in [0.15, 0.2) is 12.4 Å². The summed E-state index contributed by atoms with van der Waals surface area (Å²) in [5.74, 6) is -1.11. The summed E-state index contributed by atoms with van der Waals surface area (Å²) in [6, 6.07) is -0.438. The van der Waals surface area contributed by atoms with Crippen LogP contribution in [0.5, 0.6) is 0 Å². The number of carbonyl (C=O) groups excluding carboxylic acids is 8. The van der Waals surface area contributed by atoms with Crippen molar-refractivity contribution in [3.8, 4) is 0 Å². The number of aliphatic hydroxyl groups is 1. The largest absolute Gasteiger partial charge is 0.460 e. The molecule has 2 rings (SSSR count). The Labute approximate surface area is 351 Å². The molecular formula is C37H62N8O14S. The fraction of sp³-hybridized carbons (Fsp3) is 0.730. The summed E-state index contributed by atoms with van der Waals surface area (Å²) in [6.07, 6.45) is 5.75. The van der Waals surface area contributed by atoms with Gasteiger partial charge in [-0.25, -0.2) is 9.36 Å². The third kappa shape index (κ3) is 29.9. The molecule has 0 saturated carbocycles. The molecule has 0 bridgehead atoms. The van der Waals surface area contributed by atoms with Gasteiger partial charge in [-0.2, -0.15) is 27.6 Å². The summed E-state index contributed by atoms with van der Waals surface area (Å²) < 4.78 is 40.0. The average molecular weight is 875 g/mol. The van der Waals surface area contributed by atoms with Gasteiger partial charge in [-0.1, -0.05) is 52.0 Å². The van der Waals surface area contributed by atoms with Gasteiger partial charge in [-0.15, -0.1) is 10.2 Å². The van der Waals surface area contributed by atoms with E-state index in [9.17, 15) is 27.6 Å². The summed E-state index contributed by atoms with van der Waals surface area (Å²) >= 11 is 0. The molecule has 22 nitrogen and oxygen atoms in total. The van der Waals surface area contributed by atoms with Crippen LogP contribution in [0.1, 0.15) is 120 Å². The van der Waals surface area contributed by atoms with Crippen LogP contribution >= 0.6 is 0 Å². The minimum atomic E-state index is -3.59. The zero-order valence-electron chi connectivity index (χ0n) is 36.8. The van der Waals surface area contributed by atoms with Gasteiger partial charge in [0.1, 0.15) is 42.3 Å². The Balaban J connectivity index is 0. The number of hydrogen-bond donors (Lipinski definition) is 3. The highest BCUT2D eigenvalue weighted by Crippen LogP contribution is 2.25. The van der Waals surface area contributed by atoms with Crippen LogP contribution in [0.25, 0.3) is 0 Å². The van der Waals surface area contributed by atoms with E-state index in [1.807, 2.05) is 62.3 Å². The maximum Gasteiger partial charge on any atom is 0.373 e. The van der Waals surface area contributed by atoms with Gasteiger partial charge in [0, 0.05) is 24.9 Å². The predicted molar refractivity (Wildman–Crippen MR) is 209 cm³/mol. The van der Waals surface area contributed by atoms with Gasteiger partial charge in [0.05, 0.1) is 25.3 Å². The molecule has 2 amide bonds. The Kier molecular flexibility index (Phi) is 24.7. The van der Waals surface area contributed by atoms with Crippen molar-refractivity contribution >= 4 is 46.2 Å². The topological polar surface area (TPSA) is 304 Å². The number of rotatable bonds is 16. The number of ether oxygens (including phenoxy) is 2. The van der Waals surface area contributed by atoms with Crippen LogP contribution in [0.2, 0.25) is 0 Å². The molecule has 2 heterocycles. The van der Waals surface area contributed by atoms with Crippen molar-refractivity contribution in [1.82, 2.24) is 40.6 Å². The fourth-order valence-corrected chi connectivity index (χ4v) is 5.00. The van der Waals surface area contributed by atoms with Gasteiger partial charge in [0.25, 0.3) is 10.1 Å². The maximum absolute atomic E-state index is 12.4. The number of nitrogens with zero attached hydrogens (tertiary/aromatic N) is 6. The first-order chi connectivity index (χ1) is 27.3. The summed E-state index contributed by atoms with van der Waals surface area (Å²) in [4.78, 5) is 81.1. The first-order valence-corrected chi connectivity index (χ1v) is 20.3. The SMILES string of the molecule is CC(C)(C)OC(=O)CC[C@H](NC(=O)Cn1cc(CO)nn1)C(C)(C)C.CC(C)(C)OC(=O)CC[C@H](NC(=O)Cn1cc(COS(C)(=O)=O)nn1)C(C)(C)C.O=C=O.O=C=O. The lowest BCUT2D eigenvalue weighted by molar-refractivity contribution is -0.193. The number of aromatic nitrogens is 6. The van der Waals surface area contributed by atoms with Gasteiger partial charge in [-0.3, -0.25) is 23.4 Å². The summed E-state index contributed by atoms with van der Waals surface area (Å²) in [5.41, 5.74) is -0.853. The molecule has 0 saturated heterocycles. The van der Waals surface area contributed by atoms with Crippen LogP contribution in [-0.2, 0) is 88.4 Å². The van der Waals surface area contributed by atoms with Crippen molar-refractivity contribution in [2.24, 2.45) is 10.8 Å². The molecular weight excluding hydrogens is 813 g/mol. The quantitative estimate of drug-likeness (QED) is 0.160. The normalized spacial score (nSPS) is 12.5. The van der Waals surface area contributed by atoms with Crippen molar-refractivity contribution < 1.29 is 65.5 Å². The second kappa shape index (κ2) is 26.1. The average Bonchev–Trinajstić information content (AvgIpc) is 3.71. The molecule has 0 fully saturated rings. The van der Waals surface area contributed by atoms with E-state index in [0.717, 1.165) is 6.26 Å².